The Bertz CT molecular complexity index is 1150. The molecule has 1 fully saturated rings. The predicted octanol–water partition coefficient (Wildman–Crippen LogP) is 4.51. The molecule has 1 saturated carbocycles. The summed E-state index contributed by atoms with van der Waals surface area (Å²) in [5.74, 6) is 1.35. The standard InChI is InChI=1S/C22H19F3N4O/c1-12-18(19(12)20-27-26-11-28(20)2)13-5-3-6-14(9-13)29-10-16-15(21(29)30)7-4-8-17(16)22(23,24)25/h3-9,11-12,18-19H,10H2,1-2H3/t12-,18+,19+/m1/s1. The molecule has 1 amide bonds. The zero-order chi connectivity index (χ0) is 21.2. The fourth-order valence-corrected chi connectivity index (χ4v) is 4.67. The summed E-state index contributed by atoms with van der Waals surface area (Å²) >= 11 is 0. The van der Waals surface area contributed by atoms with Crippen LogP contribution in [0, 0.1) is 5.92 Å². The van der Waals surface area contributed by atoms with Gasteiger partial charge in [0.15, 0.2) is 0 Å². The zero-order valence-electron chi connectivity index (χ0n) is 16.4. The highest BCUT2D eigenvalue weighted by atomic mass is 19.4. The summed E-state index contributed by atoms with van der Waals surface area (Å²) in [7, 11) is 1.91. The second-order valence-corrected chi connectivity index (χ2v) is 8.03. The highest BCUT2D eigenvalue weighted by Gasteiger charge is 2.51. The summed E-state index contributed by atoms with van der Waals surface area (Å²) in [6, 6.07) is 11.3. The lowest BCUT2D eigenvalue weighted by Gasteiger charge is -2.17. The number of aryl methyl sites for hydroxylation is 1. The quantitative estimate of drug-likeness (QED) is 0.636. The van der Waals surface area contributed by atoms with Gasteiger partial charge in [-0.3, -0.25) is 4.79 Å². The van der Waals surface area contributed by atoms with Crippen molar-refractivity contribution in [2.45, 2.75) is 31.5 Å². The Morgan fingerprint density at radius 1 is 1.10 bits per heavy atom. The normalized spacial score (nSPS) is 23.0. The lowest BCUT2D eigenvalue weighted by Crippen LogP contribution is -2.23. The summed E-state index contributed by atoms with van der Waals surface area (Å²) < 4.78 is 42.1. The molecular weight excluding hydrogens is 393 g/mol. The van der Waals surface area contributed by atoms with Gasteiger partial charge in [-0.1, -0.05) is 25.1 Å². The first-order valence-corrected chi connectivity index (χ1v) is 9.72. The molecule has 3 aromatic rings. The van der Waals surface area contributed by atoms with Crippen LogP contribution >= 0.6 is 0 Å². The van der Waals surface area contributed by atoms with Gasteiger partial charge in [-0.15, -0.1) is 10.2 Å². The van der Waals surface area contributed by atoms with Crippen LogP contribution in [0.3, 0.4) is 0 Å². The van der Waals surface area contributed by atoms with Crippen LogP contribution < -0.4 is 4.90 Å². The first-order chi connectivity index (χ1) is 14.3. The molecule has 1 aliphatic carbocycles. The number of halogens is 3. The largest absolute Gasteiger partial charge is 0.416 e. The topological polar surface area (TPSA) is 51.0 Å². The molecule has 0 bridgehead atoms. The maximum absolute atomic E-state index is 13.4. The van der Waals surface area contributed by atoms with Crippen molar-refractivity contribution in [3.63, 3.8) is 0 Å². The molecule has 1 aliphatic heterocycles. The molecule has 5 rings (SSSR count). The molecule has 0 spiro atoms. The number of benzene rings is 2. The van der Waals surface area contributed by atoms with Gasteiger partial charge in [0.1, 0.15) is 12.2 Å². The maximum Gasteiger partial charge on any atom is 0.416 e. The lowest BCUT2D eigenvalue weighted by atomic mass is 10.0. The average Bonchev–Trinajstić information content (AvgIpc) is 3.01. The Kier molecular flexibility index (Phi) is 4.03. The van der Waals surface area contributed by atoms with Gasteiger partial charge in [-0.25, -0.2) is 0 Å². The monoisotopic (exact) mass is 412 g/mol. The van der Waals surface area contributed by atoms with Gasteiger partial charge in [0.05, 0.1) is 12.1 Å². The van der Waals surface area contributed by atoms with E-state index in [0.717, 1.165) is 17.5 Å². The molecule has 3 atom stereocenters. The van der Waals surface area contributed by atoms with Crippen molar-refractivity contribution in [3.05, 3.63) is 76.9 Å². The van der Waals surface area contributed by atoms with Gasteiger partial charge in [-0.2, -0.15) is 13.2 Å². The number of alkyl halides is 3. The van der Waals surface area contributed by atoms with E-state index in [1.807, 2.05) is 29.8 Å². The summed E-state index contributed by atoms with van der Waals surface area (Å²) in [5.41, 5.74) is 1.07. The van der Waals surface area contributed by atoms with Crippen molar-refractivity contribution >= 4 is 11.6 Å². The van der Waals surface area contributed by atoms with E-state index in [9.17, 15) is 18.0 Å². The van der Waals surface area contributed by atoms with Crippen molar-refractivity contribution in [1.82, 2.24) is 14.8 Å². The predicted molar refractivity (Wildman–Crippen MR) is 104 cm³/mol. The van der Waals surface area contributed by atoms with Crippen LogP contribution in [0.15, 0.2) is 48.8 Å². The number of aromatic nitrogens is 3. The number of carbonyl (C=O) groups is 1. The van der Waals surface area contributed by atoms with Crippen LogP contribution in [0.5, 0.6) is 0 Å². The van der Waals surface area contributed by atoms with Crippen LogP contribution in [0.25, 0.3) is 0 Å². The number of hydrogen-bond acceptors (Lipinski definition) is 3. The number of hydrogen-bond donors (Lipinski definition) is 0. The van der Waals surface area contributed by atoms with Gasteiger partial charge in [0, 0.05) is 24.2 Å². The number of rotatable bonds is 3. The Hall–Kier alpha value is -3.16. The third kappa shape index (κ3) is 2.81. The fourth-order valence-electron chi connectivity index (χ4n) is 4.67. The van der Waals surface area contributed by atoms with Crippen molar-refractivity contribution in [2.75, 3.05) is 4.90 Å². The van der Waals surface area contributed by atoms with Crippen LogP contribution in [0.4, 0.5) is 18.9 Å². The fraction of sp³-hybridized carbons (Fsp3) is 0.318. The molecule has 30 heavy (non-hydrogen) atoms. The Balaban J connectivity index is 1.46. The number of anilines is 1. The summed E-state index contributed by atoms with van der Waals surface area (Å²) in [6.45, 7) is 2.06. The van der Waals surface area contributed by atoms with Crippen molar-refractivity contribution in [2.24, 2.45) is 13.0 Å². The molecule has 8 heteroatoms. The number of carbonyl (C=O) groups excluding carboxylic acids is 1. The second kappa shape index (κ2) is 6.42. The molecular formula is C22H19F3N4O. The van der Waals surface area contributed by atoms with E-state index in [1.165, 1.54) is 17.0 Å². The molecule has 2 aromatic carbocycles. The molecule has 2 heterocycles. The summed E-state index contributed by atoms with van der Waals surface area (Å²) in [4.78, 5) is 14.3. The number of nitrogens with zero attached hydrogens (tertiary/aromatic N) is 4. The molecule has 5 nitrogen and oxygen atoms in total. The van der Waals surface area contributed by atoms with Crippen molar-refractivity contribution < 1.29 is 18.0 Å². The third-order valence-corrected chi connectivity index (χ3v) is 6.26. The van der Waals surface area contributed by atoms with E-state index >= 15 is 0 Å². The first kappa shape index (κ1) is 18.8. The van der Waals surface area contributed by atoms with E-state index < -0.39 is 17.6 Å². The van der Waals surface area contributed by atoms with E-state index in [0.29, 0.717) is 11.6 Å². The molecule has 0 unspecified atom stereocenters. The molecule has 2 aliphatic rings. The SMILES string of the molecule is C[C@@H]1[C@@H](c2cccc(N3Cc4c(cccc4C(F)(F)F)C3=O)c2)[C@H]1c1nncn1C. The Morgan fingerprint density at radius 3 is 2.57 bits per heavy atom. The second-order valence-electron chi connectivity index (χ2n) is 8.03. The highest BCUT2D eigenvalue weighted by molar-refractivity contribution is 6.10. The van der Waals surface area contributed by atoms with E-state index in [4.69, 9.17) is 0 Å². The van der Waals surface area contributed by atoms with Gasteiger partial charge >= 0.3 is 6.18 Å². The molecule has 0 saturated heterocycles. The minimum Gasteiger partial charge on any atom is -0.320 e. The van der Waals surface area contributed by atoms with E-state index in [1.54, 1.807) is 12.4 Å². The van der Waals surface area contributed by atoms with E-state index in [2.05, 4.69) is 17.1 Å². The minimum atomic E-state index is -4.49. The smallest absolute Gasteiger partial charge is 0.320 e. The third-order valence-electron chi connectivity index (χ3n) is 6.26. The average molecular weight is 412 g/mol. The van der Waals surface area contributed by atoms with Crippen LogP contribution in [0.1, 0.15) is 51.6 Å². The van der Waals surface area contributed by atoms with Crippen LogP contribution in [-0.2, 0) is 19.8 Å². The Morgan fingerprint density at radius 2 is 1.87 bits per heavy atom. The zero-order valence-corrected chi connectivity index (χ0v) is 16.4. The highest BCUT2D eigenvalue weighted by Crippen LogP contribution is 2.59. The van der Waals surface area contributed by atoms with Crippen LogP contribution in [0.2, 0.25) is 0 Å². The Labute approximate surface area is 171 Å². The van der Waals surface area contributed by atoms with Crippen molar-refractivity contribution in [1.29, 1.82) is 0 Å². The summed E-state index contributed by atoms with van der Waals surface area (Å²) in [6.07, 6.45) is -2.82. The minimum absolute atomic E-state index is 0.0390. The van der Waals surface area contributed by atoms with Gasteiger partial charge in [-0.05, 0) is 47.2 Å². The maximum atomic E-state index is 13.4. The van der Waals surface area contributed by atoms with Crippen molar-refractivity contribution in [3.8, 4) is 0 Å². The molecule has 1 aromatic heterocycles. The van der Waals surface area contributed by atoms with E-state index in [-0.39, 0.29) is 29.5 Å². The number of fused-ring (bicyclic) bond motifs is 1. The molecule has 154 valence electrons. The van der Waals surface area contributed by atoms with Gasteiger partial charge in [0.2, 0.25) is 0 Å². The van der Waals surface area contributed by atoms with Crippen LogP contribution in [-0.4, -0.2) is 20.7 Å². The number of amides is 1. The van der Waals surface area contributed by atoms with Gasteiger partial charge < -0.3 is 9.47 Å². The molecule has 0 N–H and O–H groups in total. The first-order valence-electron chi connectivity index (χ1n) is 9.72. The lowest BCUT2D eigenvalue weighted by molar-refractivity contribution is -0.138. The van der Waals surface area contributed by atoms with Gasteiger partial charge in [0.25, 0.3) is 5.91 Å². The molecule has 0 radical (unpaired) electrons. The summed E-state index contributed by atoms with van der Waals surface area (Å²) in [5, 5.41) is 8.17.